The summed E-state index contributed by atoms with van der Waals surface area (Å²) >= 11 is 1.36. The van der Waals surface area contributed by atoms with Gasteiger partial charge in [0.05, 0.1) is 36.4 Å². The lowest BCUT2D eigenvalue weighted by Crippen LogP contribution is -2.32. The van der Waals surface area contributed by atoms with Gasteiger partial charge in [0, 0.05) is 19.0 Å². The molecule has 4 aromatic rings. The minimum Gasteiger partial charge on any atom is -0.406 e. The van der Waals surface area contributed by atoms with Gasteiger partial charge < -0.3 is 20.3 Å². The van der Waals surface area contributed by atoms with Crippen molar-refractivity contribution in [2.75, 3.05) is 28.6 Å². The van der Waals surface area contributed by atoms with Crippen LogP contribution in [0.1, 0.15) is 40.5 Å². The molecule has 0 atom stereocenters. The van der Waals surface area contributed by atoms with Gasteiger partial charge in [-0.15, -0.1) is 23.4 Å². The second-order valence-corrected chi connectivity index (χ2v) is 11.1. The fourth-order valence-electron chi connectivity index (χ4n) is 4.81. The Labute approximate surface area is 254 Å². The molecular formula is C30H26F3N7O3S. The van der Waals surface area contributed by atoms with Gasteiger partial charge in [-0.05, 0) is 60.4 Å². The summed E-state index contributed by atoms with van der Waals surface area (Å²) in [6.45, 7) is 1.51. The fraction of sp³-hybridized carbons (Fsp3) is 0.267. The van der Waals surface area contributed by atoms with Crippen LogP contribution in [0, 0.1) is 11.3 Å². The van der Waals surface area contributed by atoms with Gasteiger partial charge >= 0.3 is 6.36 Å². The van der Waals surface area contributed by atoms with Gasteiger partial charge in [0.2, 0.25) is 16.9 Å². The Morgan fingerprint density at radius 1 is 0.977 bits per heavy atom. The third-order valence-corrected chi connectivity index (χ3v) is 7.83. The molecule has 0 aliphatic carbocycles. The molecule has 2 aromatic heterocycles. The highest BCUT2D eigenvalue weighted by molar-refractivity contribution is 7.15. The molecule has 226 valence electrons. The minimum atomic E-state index is -4.81. The average Bonchev–Trinajstić information content (AvgIpc) is 3.45. The fourth-order valence-corrected chi connectivity index (χ4v) is 5.74. The molecule has 0 spiro atoms. The van der Waals surface area contributed by atoms with Crippen LogP contribution in [0.2, 0.25) is 0 Å². The number of piperidine rings is 1. The summed E-state index contributed by atoms with van der Waals surface area (Å²) < 4.78 is 41.3. The number of benzene rings is 2. The first-order chi connectivity index (χ1) is 21.1. The molecule has 0 saturated carbocycles. The van der Waals surface area contributed by atoms with Gasteiger partial charge in [0.15, 0.2) is 0 Å². The number of halogens is 3. The lowest BCUT2D eigenvalue weighted by molar-refractivity contribution is -0.274. The number of anilines is 3. The second kappa shape index (κ2) is 13.5. The van der Waals surface area contributed by atoms with Crippen molar-refractivity contribution in [3.8, 4) is 11.8 Å². The summed E-state index contributed by atoms with van der Waals surface area (Å²) in [7, 11) is 0. The Hall–Kier alpha value is -5.03. The van der Waals surface area contributed by atoms with Crippen LogP contribution in [0.3, 0.4) is 0 Å². The molecule has 1 fully saturated rings. The zero-order chi connectivity index (χ0) is 31.1. The Morgan fingerprint density at radius 2 is 1.68 bits per heavy atom. The van der Waals surface area contributed by atoms with E-state index in [1.54, 1.807) is 42.6 Å². The number of hydrogen-bond acceptors (Lipinski definition) is 9. The van der Waals surface area contributed by atoms with Gasteiger partial charge in [-0.3, -0.25) is 9.59 Å². The van der Waals surface area contributed by atoms with Crippen molar-refractivity contribution in [1.82, 2.24) is 15.2 Å². The maximum Gasteiger partial charge on any atom is 0.573 e. The highest BCUT2D eigenvalue weighted by atomic mass is 32.1. The predicted octanol–water partition coefficient (Wildman–Crippen LogP) is 5.45. The maximum atomic E-state index is 12.5. The van der Waals surface area contributed by atoms with Gasteiger partial charge in [0.25, 0.3) is 0 Å². The van der Waals surface area contributed by atoms with E-state index in [0.717, 1.165) is 42.2 Å². The molecule has 1 aliphatic rings. The van der Waals surface area contributed by atoms with E-state index in [4.69, 9.17) is 5.26 Å². The highest BCUT2D eigenvalue weighted by Crippen LogP contribution is 2.33. The van der Waals surface area contributed by atoms with Crippen molar-refractivity contribution in [2.24, 2.45) is 0 Å². The third kappa shape index (κ3) is 8.51. The number of ether oxygens (including phenoxy) is 1. The predicted molar refractivity (Wildman–Crippen MR) is 157 cm³/mol. The summed E-state index contributed by atoms with van der Waals surface area (Å²) in [5.74, 6) is -0.501. The molecule has 1 aliphatic heterocycles. The monoisotopic (exact) mass is 621 g/mol. The van der Waals surface area contributed by atoms with Crippen LogP contribution in [0.4, 0.5) is 29.8 Å². The van der Waals surface area contributed by atoms with Crippen molar-refractivity contribution < 1.29 is 27.5 Å². The Bertz CT molecular complexity index is 1660. The maximum absolute atomic E-state index is 12.5. The van der Waals surface area contributed by atoms with Crippen molar-refractivity contribution in [3.63, 3.8) is 0 Å². The van der Waals surface area contributed by atoms with Crippen LogP contribution in [0.25, 0.3) is 0 Å². The molecule has 0 unspecified atom stereocenters. The van der Waals surface area contributed by atoms with E-state index in [2.05, 4.69) is 41.5 Å². The van der Waals surface area contributed by atoms with Crippen LogP contribution in [0.15, 0.2) is 66.9 Å². The first kappa shape index (κ1) is 30.4. The lowest BCUT2D eigenvalue weighted by atomic mass is 9.97. The Kier molecular flexibility index (Phi) is 9.35. The number of hydrogen-bond donors (Lipinski definition) is 2. The number of pyridine rings is 1. The number of nitrogens with zero attached hydrogens (tertiary/aromatic N) is 5. The summed E-state index contributed by atoms with van der Waals surface area (Å²) in [5.41, 5.74) is 2.51. The van der Waals surface area contributed by atoms with Crippen molar-refractivity contribution in [3.05, 3.63) is 88.6 Å². The summed E-state index contributed by atoms with van der Waals surface area (Å²) in [4.78, 5) is 31.4. The van der Waals surface area contributed by atoms with Crippen LogP contribution >= 0.6 is 11.3 Å². The average molecular weight is 622 g/mol. The molecule has 10 nitrogen and oxygen atoms in total. The SMILES string of the molecule is N#Cc1cccc(CC(=O)Nc2nnc(C3CCN(c4ccc(NC(=O)Cc5cccc(OC(F)(F)F)c5)nc4)CC3)s2)c1. The van der Waals surface area contributed by atoms with Crippen LogP contribution in [0.5, 0.6) is 5.75 Å². The van der Waals surface area contributed by atoms with E-state index in [9.17, 15) is 22.8 Å². The van der Waals surface area contributed by atoms with Crippen LogP contribution in [-0.4, -0.2) is 46.4 Å². The topological polar surface area (TPSA) is 133 Å². The molecule has 1 saturated heterocycles. The summed E-state index contributed by atoms with van der Waals surface area (Å²) in [6.07, 6.45) is -1.48. The normalized spacial score (nSPS) is 13.6. The van der Waals surface area contributed by atoms with Crippen molar-refractivity contribution >= 4 is 39.8 Å². The molecule has 14 heteroatoms. The van der Waals surface area contributed by atoms with Crippen molar-refractivity contribution in [1.29, 1.82) is 5.26 Å². The lowest BCUT2D eigenvalue weighted by Gasteiger charge is -2.32. The first-order valence-corrected chi connectivity index (χ1v) is 14.4. The number of carbonyl (C=O) groups is 2. The Morgan fingerprint density at radius 3 is 2.36 bits per heavy atom. The van der Waals surface area contributed by atoms with Gasteiger partial charge in [-0.25, -0.2) is 4.98 Å². The summed E-state index contributed by atoms with van der Waals surface area (Å²) in [6, 6.07) is 17.8. The van der Waals surface area contributed by atoms with Gasteiger partial charge in [-0.2, -0.15) is 5.26 Å². The molecule has 0 bridgehead atoms. The quantitative estimate of drug-likeness (QED) is 0.252. The zero-order valence-electron chi connectivity index (χ0n) is 23.2. The minimum absolute atomic E-state index is 0.133. The largest absolute Gasteiger partial charge is 0.573 e. The smallest absolute Gasteiger partial charge is 0.406 e. The Balaban J connectivity index is 1.08. The molecule has 2 amide bonds. The van der Waals surface area contributed by atoms with E-state index >= 15 is 0 Å². The summed E-state index contributed by atoms with van der Waals surface area (Å²) in [5, 5.41) is 24.2. The van der Waals surface area contributed by atoms with Crippen molar-refractivity contribution in [2.45, 2.75) is 38.0 Å². The highest BCUT2D eigenvalue weighted by Gasteiger charge is 2.31. The molecule has 2 aromatic carbocycles. The van der Waals surface area contributed by atoms with E-state index in [1.165, 1.54) is 29.5 Å². The number of alkyl halides is 3. The standard InChI is InChI=1S/C30H26F3N7O3S/c31-30(32,33)43-24-6-2-4-20(14-24)16-26(41)36-25-8-7-23(18-35-25)40-11-9-22(10-12-40)28-38-39-29(44-28)37-27(42)15-19-3-1-5-21(13-19)17-34/h1-8,13-14,18,22H,9-12,15-16H2,(H,35,36,41)(H,37,39,42). The number of amides is 2. The molecule has 5 rings (SSSR count). The van der Waals surface area contributed by atoms with Crippen LogP contribution in [-0.2, 0) is 22.4 Å². The molecule has 3 heterocycles. The first-order valence-electron chi connectivity index (χ1n) is 13.6. The number of rotatable bonds is 9. The van der Waals surface area contributed by atoms with E-state index < -0.39 is 12.3 Å². The number of nitrogens with one attached hydrogen (secondary N) is 2. The van der Waals surface area contributed by atoms with Gasteiger partial charge in [-0.1, -0.05) is 35.6 Å². The molecule has 0 radical (unpaired) electrons. The molecular weight excluding hydrogens is 595 g/mol. The zero-order valence-corrected chi connectivity index (χ0v) is 24.0. The number of nitriles is 1. The second-order valence-electron chi connectivity index (χ2n) is 10.1. The third-order valence-electron chi connectivity index (χ3n) is 6.83. The van der Waals surface area contributed by atoms with E-state index in [0.29, 0.717) is 22.1 Å². The molecule has 44 heavy (non-hydrogen) atoms. The number of carbonyl (C=O) groups excluding carboxylic acids is 2. The van der Waals surface area contributed by atoms with E-state index in [1.807, 2.05) is 6.07 Å². The number of aromatic nitrogens is 3. The van der Waals surface area contributed by atoms with E-state index in [-0.39, 0.29) is 30.4 Å². The van der Waals surface area contributed by atoms with Crippen LogP contribution < -0.4 is 20.3 Å². The van der Waals surface area contributed by atoms with Gasteiger partial charge in [0.1, 0.15) is 16.6 Å². The molecule has 2 N–H and O–H groups in total.